The van der Waals surface area contributed by atoms with Crippen molar-refractivity contribution in [2.24, 2.45) is 0 Å². The van der Waals surface area contributed by atoms with Crippen molar-refractivity contribution in [3.8, 4) is 0 Å². The minimum absolute atomic E-state index is 0.0628. The molecule has 2 saturated heterocycles. The van der Waals surface area contributed by atoms with Gasteiger partial charge in [-0.3, -0.25) is 14.9 Å². The fourth-order valence-electron chi connectivity index (χ4n) is 3.98. The number of rotatable bonds is 7. The van der Waals surface area contributed by atoms with Crippen LogP contribution in [0.1, 0.15) is 35.1 Å². The van der Waals surface area contributed by atoms with Gasteiger partial charge in [0.2, 0.25) is 5.91 Å². The van der Waals surface area contributed by atoms with E-state index in [1.165, 1.54) is 52.8 Å². The molecule has 174 valence electrons. The predicted molar refractivity (Wildman–Crippen MR) is 114 cm³/mol. The molecule has 3 atom stereocenters. The van der Waals surface area contributed by atoms with Gasteiger partial charge >= 0.3 is 11.9 Å². The van der Waals surface area contributed by atoms with Crippen LogP contribution in [0.2, 0.25) is 0 Å². The molecule has 2 aromatic rings. The van der Waals surface area contributed by atoms with Crippen LogP contribution in [0.5, 0.6) is 0 Å². The van der Waals surface area contributed by atoms with E-state index in [1.807, 2.05) is 6.92 Å². The molecule has 0 saturated carbocycles. The first-order valence-electron chi connectivity index (χ1n) is 10.0. The predicted octanol–water partition coefficient (Wildman–Crippen LogP) is 1.46. The number of benzene rings is 1. The summed E-state index contributed by atoms with van der Waals surface area (Å²) in [5.41, 5.74) is 0.998. The Hall–Kier alpha value is -3.48. The van der Waals surface area contributed by atoms with Gasteiger partial charge in [0, 0.05) is 12.1 Å². The highest BCUT2D eigenvalue weighted by Crippen LogP contribution is 2.51. The van der Waals surface area contributed by atoms with E-state index < -0.39 is 27.7 Å². The number of hydrogen-bond acceptors (Lipinski definition) is 10. The minimum Gasteiger partial charge on any atom is -0.464 e. The smallest absolute Gasteiger partial charge is 0.360 e. The average molecular weight is 475 g/mol. The lowest BCUT2D eigenvalue weighted by Crippen LogP contribution is -2.58. The maximum atomic E-state index is 13.1. The molecule has 0 bridgehead atoms. The fraction of sp³-hybridized carbons (Fsp3) is 0.450. The Kier molecular flexibility index (Phi) is 5.82. The normalized spacial score (nSPS) is 23.6. The first kappa shape index (κ1) is 22.7. The molecule has 2 fully saturated rings. The molecule has 2 aliphatic heterocycles. The molecule has 13 heteroatoms. The lowest BCUT2D eigenvalue weighted by molar-refractivity contribution is -0.384. The van der Waals surface area contributed by atoms with Crippen molar-refractivity contribution in [2.45, 2.75) is 49.6 Å². The monoisotopic (exact) mass is 475 g/mol. The van der Waals surface area contributed by atoms with Gasteiger partial charge in [0.05, 0.1) is 40.8 Å². The lowest BCUT2D eigenvalue weighted by Gasteiger charge is -2.37. The third kappa shape index (κ3) is 4.15. The Labute approximate surface area is 192 Å². The Morgan fingerprint density at radius 2 is 2.00 bits per heavy atom. The molecule has 1 amide bonds. The van der Waals surface area contributed by atoms with Crippen molar-refractivity contribution >= 4 is 35.3 Å². The number of β-lactam (4-membered cyclic amide) rings is 1. The number of carbonyl (C=O) groups excluding carboxylic acids is 3. The van der Waals surface area contributed by atoms with Crippen molar-refractivity contribution in [3.05, 3.63) is 51.3 Å². The quantitative estimate of drug-likeness (QED) is 0.249. The number of non-ortho nitro benzene ring substituents is 1. The SMILES string of the molecule is COC(=O)c1nn(C[C@]2(C)S[C@H]3CC(=O)N3[C@H]2C(=O)OCc2ccc([N+](=O)[O-])cc2)nc1C. The van der Waals surface area contributed by atoms with Crippen LogP contribution in [0.4, 0.5) is 5.69 Å². The minimum atomic E-state index is -0.875. The van der Waals surface area contributed by atoms with Gasteiger partial charge in [-0.15, -0.1) is 16.9 Å². The number of esters is 2. The second kappa shape index (κ2) is 8.46. The lowest BCUT2D eigenvalue weighted by atomic mass is 9.96. The Morgan fingerprint density at radius 1 is 1.30 bits per heavy atom. The molecule has 12 nitrogen and oxygen atoms in total. The number of carbonyl (C=O) groups is 3. The van der Waals surface area contributed by atoms with Crippen LogP contribution in [-0.4, -0.2) is 65.9 Å². The third-order valence-corrected chi connectivity index (χ3v) is 7.18. The molecule has 1 aromatic carbocycles. The maximum Gasteiger partial charge on any atom is 0.360 e. The summed E-state index contributed by atoms with van der Waals surface area (Å²) in [6.07, 6.45) is 0.325. The summed E-state index contributed by atoms with van der Waals surface area (Å²) in [4.78, 5) is 50.4. The van der Waals surface area contributed by atoms with E-state index in [-0.39, 0.29) is 35.8 Å². The van der Waals surface area contributed by atoms with E-state index >= 15 is 0 Å². The number of nitro groups is 1. The topological polar surface area (TPSA) is 147 Å². The number of fused-ring (bicyclic) bond motifs is 1. The fourth-order valence-corrected chi connectivity index (χ4v) is 5.71. The van der Waals surface area contributed by atoms with Gasteiger partial charge in [0.15, 0.2) is 5.69 Å². The summed E-state index contributed by atoms with van der Waals surface area (Å²) in [6.45, 7) is 3.53. The summed E-state index contributed by atoms with van der Waals surface area (Å²) in [5.74, 6) is -1.34. The number of methoxy groups -OCH3 is 1. The standard InChI is InChI=1S/C20H21N5O7S/c1-11-16(18(27)31-3)22-23(21-11)10-20(2)17(24-14(26)8-15(24)33-20)19(28)32-9-12-4-6-13(7-5-12)25(29)30/h4-7,15,17H,8-10H2,1-3H3/t15-,17-,20-/m0/s1. The zero-order valence-corrected chi connectivity index (χ0v) is 18.9. The van der Waals surface area contributed by atoms with Crippen LogP contribution in [0.15, 0.2) is 24.3 Å². The molecular weight excluding hydrogens is 454 g/mol. The Balaban J connectivity index is 1.51. The molecule has 1 aromatic heterocycles. The van der Waals surface area contributed by atoms with Crippen molar-refractivity contribution in [1.82, 2.24) is 19.9 Å². The molecule has 33 heavy (non-hydrogen) atoms. The summed E-state index contributed by atoms with van der Waals surface area (Å²) in [5, 5.41) is 19.1. The molecule has 0 radical (unpaired) electrons. The molecule has 0 N–H and O–H groups in total. The first-order valence-corrected chi connectivity index (χ1v) is 10.9. The van der Waals surface area contributed by atoms with E-state index in [4.69, 9.17) is 9.47 Å². The first-order chi connectivity index (χ1) is 15.6. The highest BCUT2D eigenvalue weighted by Gasteiger charge is 2.61. The number of aryl methyl sites for hydroxylation is 1. The van der Waals surface area contributed by atoms with E-state index in [9.17, 15) is 24.5 Å². The zero-order valence-electron chi connectivity index (χ0n) is 18.1. The molecule has 2 aliphatic rings. The van der Waals surface area contributed by atoms with Gasteiger partial charge in [-0.25, -0.2) is 9.59 Å². The van der Waals surface area contributed by atoms with Gasteiger partial charge < -0.3 is 14.4 Å². The summed E-state index contributed by atoms with van der Waals surface area (Å²) in [7, 11) is 1.25. The van der Waals surface area contributed by atoms with E-state index in [1.54, 1.807) is 6.92 Å². The number of nitro benzene ring substituents is 1. The van der Waals surface area contributed by atoms with Crippen LogP contribution in [0.3, 0.4) is 0 Å². The third-order valence-electron chi connectivity index (χ3n) is 5.62. The highest BCUT2D eigenvalue weighted by molar-refractivity contribution is 8.01. The molecular formula is C20H21N5O7S. The largest absolute Gasteiger partial charge is 0.464 e. The van der Waals surface area contributed by atoms with Crippen LogP contribution in [-0.2, 0) is 32.2 Å². The number of nitrogens with zero attached hydrogens (tertiary/aromatic N) is 5. The van der Waals surface area contributed by atoms with Crippen molar-refractivity contribution in [2.75, 3.05) is 7.11 Å². The molecule has 3 heterocycles. The number of aromatic nitrogens is 3. The highest BCUT2D eigenvalue weighted by atomic mass is 32.2. The van der Waals surface area contributed by atoms with Crippen molar-refractivity contribution in [3.63, 3.8) is 0 Å². The van der Waals surface area contributed by atoms with Gasteiger partial charge in [0.25, 0.3) is 5.69 Å². The number of amides is 1. The van der Waals surface area contributed by atoms with Gasteiger partial charge in [-0.1, -0.05) is 0 Å². The Bertz CT molecular complexity index is 1130. The van der Waals surface area contributed by atoms with E-state index in [2.05, 4.69) is 10.2 Å². The van der Waals surface area contributed by atoms with Crippen molar-refractivity contribution in [1.29, 1.82) is 0 Å². The maximum absolute atomic E-state index is 13.1. The van der Waals surface area contributed by atoms with Crippen molar-refractivity contribution < 1.29 is 28.8 Å². The number of thioether (sulfide) groups is 1. The van der Waals surface area contributed by atoms with Crippen LogP contribution in [0.25, 0.3) is 0 Å². The molecule has 0 spiro atoms. The Morgan fingerprint density at radius 3 is 2.61 bits per heavy atom. The molecule has 0 aliphatic carbocycles. The number of hydrogen-bond donors (Lipinski definition) is 0. The average Bonchev–Trinajstić information content (AvgIpc) is 3.25. The van der Waals surface area contributed by atoms with Crippen LogP contribution >= 0.6 is 11.8 Å². The van der Waals surface area contributed by atoms with Gasteiger partial charge in [0.1, 0.15) is 12.6 Å². The number of ether oxygens (including phenoxy) is 2. The molecule has 0 unspecified atom stereocenters. The summed E-state index contributed by atoms with van der Waals surface area (Å²) < 4.78 is 9.40. The molecule has 4 rings (SSSR count). The van der Waals surface area contributed by atoms with E-state index in [0.717, 1.165) is 0 Å². The summed E-state index contributed by atoms with van der Waals surface area (Å²) >= 11 is 1.47. The second-order valence-electron chi connectivity index (χ2n) is 7.98. The van der Waals surface area contributed by atoms with Crippen LogP contribution < -0.4 is 0 Å². The second-order valence-corrected chi connectivity index (χ2v) is 9.69. The summed E-state index contributed by atoms with van der Waals surface area (Å²) in [6, 6.07) is 4.81. The van der Waals surface area contributed by atoms with Gasteiger partial charge in [-0.2, -0.15) is 9.90 Å². The van der Waals surface area contributed by atoms with Gasteiger partial charge in [-0.05, 0) is 31.5 Å². The van der Waals surface area contributed by atoms with E-state index in [0.29, 0.717) is 17.7 Å². The zero-order chi connectivity index (χ0) is 23.9. The van der Waals surface area contributed by atoms with Crippen LogP contribution in [0, 0.1) is 17.0 Å².